The van der Waals surface area contributed by atoms with Crippen molar-refractivity contribution in [2.45, 2.75) is 19.4 Å². The van der Waals surface area contributed by atoms with Gasteiger partial charge >= 0.3 is 0 Å². The lowest BCUT2D eigenvalue weighted by molar-refractivity contribution is -0.124. The van der Waals surface area contributed by atoms with Crippen LogP contribution in [0.2, 0.25) is 0 Å². The van der Waals surface area contributed by atoms with Gasteiger partial charge in [-0.2, -0.15) is 0 Å². The van der Waals surface area contributed by atoms with Crippen LogP contribution in [0.3, 0.4) is 0 Å². The summed E-state index contributed by atoms with van der Waals surface area (Å²) in [4.78, 5) is 28.1. The van der Waals surface area contributed by atoms with Crippen molar-refractivity contribution in [2.75, 3.05) is 5.32 Å². The normalized spacial score (nSPS) is 10.5. The molecule has 2 aromatic carbocycles. The van der Waals surface area contributed by atoms with E-state index in [2.05, 4.69) is 15.6 Å². The number of hydrogen-bond acceptors (Lipinski definition) is 4. The molecule has 0 spiro atoms. The summed E-state index contributed by atoms with van der Waals surface area (Å²) in [6, 6.07) is 17.4. The van der Waals surface area contributed by atoms with Crippen LogP contribution in [0.15, 0.2) is 54.6 Å². The van der Waals surface area contributed by atoms with Crippen LogP contribution in [0.4, 0.5) is 5.13 Å². The molecule has 0 bridgehead atoms. The van der Waals surface area contributed by atoms with Gasteiger partial charge in [0.1, 0.15) is 0 Å². The van der Waals surface area contributed by atoms with Crippen molar-refractivity contribution in [2.24, 2.45) is 0 Å². The van der Waals surface area contributed by atoms with Crippen LogP contribution < -0.4 is 10.6 Å². The first-order chi connectivity index (χ1) is 11.7. The maximum atomic E-state index is 11.9. The first-order valence-corrected chi connectivity index (χ1v) is 8.48. The largest absolute Gasteiger partial charge is 0.352 e. The number of carbonyl (C=O) groups is 2. The van der Waals surface area contributed by atoms with Crippen molar-refractivity contribution in [1.82, 2.24) is 10.3 Å². The van der Waals surface area contributed by atoms with E-state index in [1.54, 1.807) is 0 Å². The zero-order valence-corrected chi connectivity index (χ0v) is 13.8. The van der Waals surface area contributed by atoms with Gasteiger partial charge < -0.3 is 10.6 Å². The summed E-state index contributed by atoms with van der Waals surface area (Å²) < 4.78 is 1.02. The average Bonchev–Trinajstić information content (AvgIpc) is 3.01. The minimum Gasteiger partial charge on any atom is -0.352 e. The molecular weight excluding hydrogens is 322 g/mol. The molecular formula is C18H17N3O2S. The molecule has 0 unspecified atom stereocenters. The van der Waals surface area contributed by atoms with Crippen LogP contribution >= 0.6 is 11.3 Å². The topological polar surface area (TPSA) is 71.1 Å². The first-order valence-electron chi connectivity index (χ1n) is 7.67. The van der Waals surface area contributed by atoms with Crippen molar-refractivity contribution in [3.63, 3.8) is 0 Å². The zero-order valence-electron chi connectivity index (χ0n) is 13.0. The lowest BCUT2D eigenvalue weighted by Crippen LogP contribution is -2.24. The highest BCUT2D eigenvalue weighted by Crippen LogP contribution is 2.25. The minimum atomic E-state index is -0.205. The van der Waals surface area contributed by atoms with E-state index in [1.165, 1.54) is 11.3 Å². The molecule has 0 aliphatic rings. The third kappa shape index (κ3) is 4.39. The summed E-state index contributed by atoms with van der Waals surface area (Å²) in [5.74, 6) is -0.345. The maximum Gasteiger partial charge on any atom is 0.226 e. The van der Waals surface area contributed by atoms with E-state index in [1.807, 2.05) is 54.6 Å². The van der Waals surface area contributed by atoms with E-state index < -0.39 is 0 Å². The highest BCUT2D eigenvalue weighted by molar-refractivity contribution is 7.22. The summed E-state index contributed by atoms with van der Waals surface area (Å²) in [6.45, 7) is 0.471. The number of benzene rings is 2. The number of aromatic nitrogens is 1. The Balaban J connectivity index is 1.44. The molecule has 24 heavy (non-hydrogen) atoms. The molecule has 122 valence electrons. The van der Waals surface area contributed by atoms with Gasteiger partial charge in [-0.25, -0.2) is 4.98 Å². The summed E-state index contributed by atoms with van der Waals surface area (Å²) >= 11 is 1.42. The van der Waals surface area contributed by atoms with E-state index >= 15 is 0 Å². The van der Waals surface area contributed by atoms with Gasteiger partial charge in [0.2, 0.25) is 11.8 Å². The Bertz CT molecular complexity index is 813. The second-order valence-corrected chi connectivity index (χ2v) is 6.33. The van der Waals surface area contributed by atoms with Gasteiger partial charge in [-0.05, 0) is 17.7 Å². The number of thiazole rings is 1. The van der Waals surface area contributed by atoms with Crippen LogP contribution in [0.5, 0.6) is 0 Å². The second-order valence-electron chi connectivity index (χ2n) is 5.30. The summed E-state index contributed by atoms with van der Waals surface area (Å²) in [7, 11) is 0. The van der Waals surface area contributed by atoms with Gasteiger partial charge in [-0.15, -0.1) is 0 Å². The third-order valence-corrected chi connectivity index (χ3v) is 4.40. The summed E-state index contributed by atoms with van der Waals surface area (Å²) in [6.07, 6.45) is 0.292. The van der Waals surface area contributed by atoms with Crippen molar-refractivity contribution >= 4 is 38.5 Å². The van der Waals surface area contributed by atoms with Gasteiger partial charge in [0.25, 0.3) is 0 Å². The number of carbonyl (C=O) groups excluding carboxylic acids is 2. The van der Waals surface area contributed by atoms with Crippen molar-refractivity contribution in [3.8, 4) is 0 Å². The molecule has 0 saturated carbocycles. The Labute approximate surface area is 143 Å². The molecule has 0 radical (unpaired) electrons. The van der Waals surface area contributed by atoms with Crippen LogP contribution in [0, 0.1) is 0 Å². The molecule has 0 aliphatic heterocycles. The van der Waals surface area contributed by atoms with Crippen molar-refractivity contribution < 1.29 is 9.59 Å². The third-order valence-electron chi connectivity index (χ3n) is 3.45. The highest BCUT2D eigenvalue weighted by atomic mass is 32.1. The smallest absolute Gasteiger partial charge is 0.226 e. The Morgan fingerprint density at radius 3 is 2.42 bits per heavy atom. The molecule has 1 aromatic heterocycles. The van der Waals surface area contributed by atoms with E-state index in [9.17, 15) is 9.59 Å². The lowest BCUT2D eigenvalue weighted by atomic mass is 10.2. The average molecular weight is 339 g/mol. The Kier molecular flexibility index (Phi) is 5.18. The molecule has 0 saturated heterocycles. The fourth-order valence-electron chi connectivity index (χ4n) is 2.22. The van der Waals surface area contributed by atoms with Crippen molar-refractivity contribution in [3.05, 3.63) is 60.2 Å². The van der Waals surface area contributed by atoms with Crippen LogP contribution in [0.1, 0.15) is 18.4 Å². The Hall–Kier alpha value is -2.73. The predicted octanol–water partition coefficient (Wildman–Crippen LogP) is 3.33. The SMILES string of the molecule is O=C(CCC(=O)Nc1nc2ccccc2s1)NCc1ccccc1. The van der Waals surface area contributed by atoms with Crippen LogP contribution in [-0.4, -0.2) is 16.8 Å². The van der Waals surface area contributed by atoms with Crippen LogP contribution in [0.25, 0.3) is 10.2 Å². The van der Waals surface area contributed by atoms with Gasteiger partial charge in [0.05, 0.1) is 10.2 Å². The van der Waals surface area contributed by atoms with E-state index in [-0.39, 0.29) is 24.7 Å². The standard InChI is InChI=1S/C18H17N3O2S/c22-16(19-12-13-6-2-1-3-7-13)10-11-17(23)21-18-20-14-8-4-5-9-15(14)24-18/h1-9H,10-12H2,(H,19,22)(H,20,21,23). The fourth-order valence-corrected chi connectivity index (χ4v) is 3.10. The Morgan fingerprint density at radius 2 is 1.62 bits per heavy atom. The molecule has 0 fully saturated rings. The fraction of sp³-hybridized carbons (Fsp3) is 0.167. The van der Waals surface area contributed by atoms with E-state index in [4.69, 9.17) is 0 Å². The van der Waals surface area contributed by atoms with Crippen molar-refractivity contribution in [1.29, 1.82) is 0 Å². The maximum absolute atomic E-state index is 11.9. The molecule has 3 aromatic rings. The summed E-state index contributed by atoms with van der Waals surface area (Å²) in [5, 5.41) is 6.12. The van der Waals surface area contributed by atoms with Gasteiger partial charge in [0, 0.05) is 19.4 Å². The number of para-hydroxylation sites is 1. The van der Waals surface area contributed by atoms with Crippen LogP contribution in [-0.2, 0) is 16.1 Å². The van der Waals surface area contributed by atoms with Gasteiger partial charge in [-0.3, -0.25) is 9.59 Å². The number of hydrogen-bond donors (Lipinski definition) is 2. The number of nitrogens with zero attached hydrogens (tertiary/aromatic N) is 1. The highest BCUT2D eigenvalue weighted by Gasteiger charge is 2.10. The molecule has 2 N–H and O–H groups in total. The zero-order chi connectivity index (χ0) is 16.8. The number of fused-ring (bicyclic) bond motifs is 1. The van der Waals surface area contributed by atoms with Gasteiger partial charge in [0.15, 0.2) is 5.13 Å². The number of amides is 2. The number of rotatable bonds is 6. The molecule has 3 rings (SSSR count). The van der Waals surface area contributed by atoms with Gasteiger partial charge in [-0.1, -0.05) is 53.8 Å². The quantitative estimate of drug-likeness (QED) is 0.723. The predicted molar refractivity (Wildman–Crippen MR) is 95.8 cm³/mol. The van der Waals surface area contributed by atoms with E-state index in [0.717, 1.165) is 15.8 Å². The molecule has 2 amide bonds. The molecule has 5 nitrogen and oxygen atoms in total. The van der Waals surface area contributed by atoms with E-state index in [0.29, 0.717) is 11.7 Å². The molecule has 1 heterocycles. The second kappa shape index (κ2) is 7.70. The first kappa shape index (κ1) is 16.1. The molecule has 0 aliphatic carbocycles. The monoisotopic (exact) mass is 339 g/mol. The summed E-state index contributed by atoms with van der Waals surface area (Å²) in [5.41, 5.74) is 1.89. The molecule has 0 atom stereocenters. The number of nitrogens with one attached hydrogen (secondary N) is 2. The minimum absolute atomic E-state index is 0.135. The molecule has 6 heteroatoms. The lowest BCUT2D eigenvalue weighted by Gasteiger charge is -2.05. The number of anilines is 1. The Morgan fingerprint density at radius 1 is 0.917 bits per heavy atom.